The van der Waals surface area contributed by atoms with E-state index >= 15 is 0 Å². The predicted molar refractivity (Wildman–Crippen MR) is 81.1 cm³/mol. The zero-order valence-electron chi connectivity index (χ0n) is 13.1. The van der Waals surface area contributed by atoms with Gasteiger partial charge in [0.1, 0.15) is 12.1 Å². The van der Waals surface area contributed by atoms with Crippen LogP contribution in [0.2, 0.25) is 0 Å². The summed E-state index contributed by atoms with van der Waals surface area (Å²) in [5, 5.41) is 2.99. The Hall–Kier alpha value is -2.04. The van der Waals surface area contributed by atoms with E-state index in [4.69, 9.17) is 9.47 Å². The number of rotatable bonds is 6. The third kappa shape index (κ3) is 7.34. The summed E-state index contributed by atoms with van der Waals surface area (Å²) in [7, 11) is 0. The fourth-order valence-electron chi connectivity index (χ4n) is 1.72. The summed E-state index contributed by atoms with van der Waals surface area (Å²) in [5.74, 6) is -0.583. The van der Waals surface area contributed by atoms with E-state index in [1.54, 1.807) is 6.92 Å². The van der Waals surface area contributed by atoms with E-state index in [1.807, 2.05) is 45.0 Å². The van der Waals surface area contributed by atoms with Gasteiger partial charge in [-0.15, -0.1) is 0 Å². The lowest BCUT2D eigenvalue weighted by Crippen LogP contribution is -2.28. The van der Waals surface area contributed by atoms with Gasteiger partial charge in [0.2, 0.25) is 0 Å². The van der Waals surface area contributed by atoms with Crippen LogP contribution in [0.5, 0.6) is 0 Å². The number of anilines is 1. The molecule has 0 spiro atoms. The molecule has 116 valence electrons. The zero-order chi connectivity index (χ0) is 15.9. The van der Waals surface area contributed by atoms with Crippen molar-refractivity contribution in [2.75, 3.05) is 18.5 Å². The van der Waals surface area contributed by atoms with E-state index in [2.05, 4.69) is 5.32 Å². The Morgan fingerprint density at radius 1 is 1.19 bits per heavy atom. The molecule has 1 aromatic carbocycles. The standard InChI is InChI=1S/C16H23NO4/c1-5-20-14(18)10-12-7-6-8-13(9-12)17-11-15(19)21-16(2,3)4/h6-9,17H,5,10-11H2,1-4H3. The van der Waals surface area contributed by atoms with Crippen LogP contribution in [0.1, 0.15) is 33.3 Å². The van der Waals surface area contributed by atoms with Crippen LogP contribution in [0.25, 0.3) is 0 Å². The van der Waals surface area contributed by atoms with Crippen LogP contribution in [-0.2, 0) is 25.5 Å². The molecule has 0 unspecified atom stereocenters. The number of carbonyl (C=O) groups excluding carboxylic acids is 2. The molecule has 0 aliphatic rings. The summed E-state index contributed by atoms with van der Waals surface area (Å²) >= 11 is 0. The van der Waals surface area contributed by atoms with E-state index in [9.17, 15) is 9.59 Å². The van der Waals surface area contributed by atoms with Gasteiger partial charge in [-0.1, -0.05) is 12.1 Å². The Morgan fingerprint density at radius 3 is 2.52 bits per heavy atom. The number of carbonyl (C=O) groups is 2. The van der Waals surface area contributed by atoms with Crippen LogP contribution in [-0.4, -0.2) is 30.7 Å². The highest BCUT2D eigenvalue weighted by Gasteiger charge is 2.15. The molecule has 1 N–H and O–H groups in total. The van der Waals surface area contributed by atoms with E-state index < -0.39 is 5.60 Å². The van der Waals surface area contributed by atoms with Crippen molar-refractivity contribution in [3.8, 4) is 0 Å². The summed E-state index contributed by atoms with van der Waals surface area (Å²) in [6, 6.07) is 7.32. The molecule has 0 atom stereocenters. The van der Waals surface area contributed by atoms with Gasteiger partial charge in [-0.2, -0.15) is 0 Å². The van der Waals surface area contributed by atoms with Crippen LogP contribution in [0, 0.1) is 0 Å². The minimum atomic E-state index is -0.496. The molecule has 0 bridgehead atoms. The second kappa shape index (κ2) is 7.67. The molecule has 21 heavy (non-hydrogen) atoms. The largest absolute Gasteiger partial charge is 0.466 e. The Labute approximate surface area is 125 Å². The lowest BCUT2D eigenvalue weighted by molar-refractivity contribution is -0.152. The van der Waals surface area contributed by atoms with Crippen molar-refractivity contribution in [3.63, 3.8) is 0 Å². The van der Waals surface area contributed by atoms with Gasteiger partial charge in [0.25, 0.3) is 0 Å². The van der Waals surface area contributed by atoms with Crippen LogP contribution >= 0.6 is 0 Å². The summed E-state index contributed by atoms with van der Waals surface area (Å²) < 4.78 is 10.1. The minimum absolute atomic E-state index is 0.0835. The summed E-state index contributed by atoms with van der Waals surface area (Å²) in [5.41, 5.74) is 1.11. The molecule has 0 saturated heterocycles. The fourth-order valence-corrected chi connectivity index (χ4v) is 1.72. The van der Waals surface area contributed by atoms with E-state index in [0.29, 0.717) is 6.61 Å². The van der Waals surface area contributed by atoms with E-state index in [0.717, 1.165) is 11.3 Å². The Bertz CT molecular complexity index is 491. The van der Waals surface area contributed by atoms with E-state index in [1.165, 1.54) is 0 Å². The van der Waals surface area contributed by atoms with Crippen LogP contribution in [0.15, 0.2) is 24.3 Å². The predicted octanol–water partition coefficient (Wildman–Crippen LogP) is 2.55. The summed E-state index contributed by atoms with van der Waals surface area (Å²) in [6.07, 6.45) is 0.218. The topological polar surface area (TPSA) is 64.6 Å². The molecule has 0 fully saturated rings. The summed E-state index contributed by atoms with van der Waals surface area (Å²) in [6.45, 7) is 7.70. The molecule has 0 amide bonds. The Morgan fingerprint density at radius 2 is 1.90 bits per heavy atom. The van der Waals surface area contributed by atoms with Gasteiger partial charge in [0.05, 0.1) is 13.0 Å². The van der Waals surface area contributed by atoms with Gasteiger partial charge in [-0.25, -0.2) is 0 Å². The Kier molecular flexibility index (Phi) is 6.21. The SMILES string of the molecule is CCOC(=O)Cc1cccc(NCC(=O)OC(C)(C)C)c1. The molecule has 0 aliphatic carbocycles. The maximum atomic E-state index is 11.6. The third-order valence-electron chi connectivity index (χ3n) is 2.44. The molecular weight excluding hydrogens is 270 g/mol. The number of benzene rings is 1. The van der Waals surface area contributed by atoms with Crippen molar-refractivity contribution < 1.29 is 19.1 Å². The highest BCUT2D eigenvalue weighted by molar-refractivity contribution is 5.76. The second-order valence-electron chi connectivity index (χ2n) is 5.62. The molecule has 5 heteroatoms. The van der Waals surface area contributed by atoms with Crippen molar-refractivity contribution in [1.82, 2.24) is 0 Å². The molecule has 1 aromatic rings. The average molecular weight is 293 g/mol. The van der Waals surface area contributed by atoms with Crippen molar-refractivity contribution >= 4 is 17.6 Å². The minimum Gasteiger partial charge on any atom is -0.466 e. The first-order valence-electron chi connectivity index (χ1n) is 7.00. The first-order chi connectivity index (χ1) is 9.80. The van der Waals surface area contributed by atoms with E-state index in [-0.39, 0.29) is 24.9 Å². The molecule has 5 nitrogen and oxygen atoms in total. The van der Waals surface area contributed by atoms with Gasteiger partial charge in [0.15, 0.2) is 0 Å². The van der Waals surface area contributed by atoms with Gasteiger partial charge >= 0.3 is 11.9 Å². The second-order valence-corrected chi connectivity index (χ2v) is 5.62. The smallest absolute Gasteiger partial charge is 0.325 e. The van der Waals surface area contributed by atoms with Crippen LogP contribution in [0.4, 0.5) is 5.69 Å². The van der Waals surface area contributed by atoms with Gasteiger partial charge in [-0.05, 0) is 45.4 Å². The van der Waals surface area contributed by atoms with Crippen LogP contribution in [0.3, 0.4) is 0 Å². The number of hydrogen-bond donors (Lipinski definition) is 1. The monoisotopic (exact) mass is 293 g/mol. The number of nitrogens with one attached hydrogen (secondary N) is 1. The molecule has 1 rings (SSSR count). The highest BCUT2D eigenvalue weighted by atomic mass is 16.6. The van der Waals surface area contributed by atoms with Crippen molar-refractivity contribution in [3.05, 3.63) is 29.8 Å². The number of hydrogen-bond acceptors (Lipinski definition) is 5. The Balaban J connectivity index is 2.53. The first kappa shape index (κ1) is 17.0. The normalized spacial score (nSPS) is 10.9. The first-order valence-corrected chi connectivity index (χ1v) is 7.00. The van der Waals surface area contributed by atoms with Crippen molar-refractivity contribution in [2.45, 2.75) is 39.7 Å². The zero-order valence-corrected chi connectivity index (χ0v) is 13.1. The van der Waals surface area contributed by atoms with Gasteiger partial charge in [-0.3, -0.25) is 9.59 Å². The van der Waals surface area contributed by atoms with Crippen molar-refractivity contribution in [2.24, 2.45) is 0 Å². The van der Waals surface area contributed by atoms with Gasteiger partial charge in [0, 0.05) is 5.69 Å². The number of esters is 2. The third-order valence-corrected chi connectivity index (χ3v) is 2.44. The molecule has 0 saturated carbocycles. The van der Waals surface area contributed by atoms with Crippen LogP contribution < -0.4 is 5.32 Å². The quantitative estimate of drug-likeness (QED) is 0.817. The van der Waals surface area contributed by atoms with Gasteiger partial charge < -0.3 is 14.8 Å². The average Bonchev–Trinajstić information content (AvgIpc) is 2.35. The molecule has 0 aromatic heterocycles. The fraction of sp³-hybridized carbons (Fsp3) is 0.500. The summed E-state index contributed by atoms with van der Waals surface area (Å²) in [4.78, 5) is 23.1. The lowest BCUT2D eigenvalue weighted by atomic mass is 10.1. The highest BCUT2D eigenvalue weighted by Crippen LogP contribution is 2.12. The lowest BCUT2D eigenvalue weighted by Gasteiger charge is -2.19. The maximum absolute atomic E-state index is 11.6. The molecule has 0 aliphatic heterocycles. The number of ether oxygens (including phenoxy) is 2. The molecule has 0 radical (unpaired) electrons. The molecular formula is C16H23NO4. The molecule has 0 heterocycles. The maximum Gasteiger partial charge on any atom is 0.325 e. The van der Waals surface area contributed by atoms with Crippen molar-refractivity contribution in [1.29, 1.82) is 0 Å².